The molecule has 3 aromatic rings. The van der Waals surface area contributed by atoms with Crippen LogP contribution in [0.3, 0.4) is 0 Å². The maximum absolute atomic E-state index is 13.9. The monoisotopic (exact) mass is 683 g/mol. The summed E-state index contributed by atoms with van der Waals surface area (Å²) in [4.78, 5) is 38.1. The Hall–Kier alpha value is -4.10. The summed E-state index contributed by atoms with van der Waals surface area (Å²) in [6.45, 7) is 1.65. The summed E-state index contributed by atoms with van der Waals surface area (Å²) in [6, 6.07) is 18.4. The van der Waals surface area contributed by atoms with Gasteiger partial charge in [0.1, 0.15) is 6.04 Å². The van der Waals surface area contributed by atoms with Crippen LogP contribution in [0.5, 0.6) is 0 Å². The molecule has 1 saturated heterocycles. The predicted octanol–water partition coefficient (Wildman–Crippen LogP) is 6.26. The van der Waals surface area contributed by atoms with Crippen molar-refractivity contribution in [3.05, 3.63) is 107 Å². The Morgan fingerprint density at radius 2 is 1.30 bits per heavy atom. The molecule has 14 heteroatoms. The highest BCUT2D eigenvalue weighted by molar-refractivity contribution is 6.02. The molecule has 1 atom stereocenters. The van der Waals surface area contributed by atoms with Gasteiger partial charge >= 0.3 is 12.4 Å². The molecule has 0 bridgehead atoms. The normalized spacial score (nSPS) is 15.1. The third-order valence-corrected chi connectivity index (χ3v) is 7.69. The smallest absolute Gasteiger partial charge is 0.349 e. The first-order chi connectivity index (χ1) is 21.6. The fourth-order valence-corrected chi connectivity index (χ4v) is 5.29. The lowest BCUT2D eigenvalue weighted by Gasteiger charge is -2.41. The van der Waals surface area contributed by atoms with Gasteiger partial charge in [-0.2, -0.15) is 31.3 Å². The van der Waals surface area contributed by atoms with Crippen molar-refractivity contribution in [3.8, 4) is 0 Å². The summed E-state index contributed by atoms with van der Waals surface area (Å²) >= 11 is 0. The minimum absolute atomic E-state index is 0. The Morgan fingerprint density at radius 1 is 0.787 bits per heavy atom. The Balaban J connectivity index is 0.00000600. The molecule has 0 N–H and O–H groups in total. The van der Waals surface area contributed by atoms with Gasteiger partial charge in [0.25, 0.3) is 5.91 Å². The van der Waals surface area contributed by atoms with Crippen molar-refractivity contribution in [1.82, 2.24) is 19.6 Å². The summed E-state index contributed by atoms with van der Waals surface area (Å²) in [6.07, 6.45) is -10.1. The standard InChI is InChI=1S/C33H35F6N5O2.ClH/c1-41(2)31(40-29(45)25-12-8-5-9-13-25)44-18-16-43(17-19-44)28(24-10-6-4-7-11-24)30(46)42(3)15-14-23-20-26(32(34,35)36)22-27(21-23)33(37,38)39;/h4-13,20-22,28H,14-19H2,1-3H3;1H/t28-;/m0./s1. The number of likely N-dealkylation sites (N-methyl/N-ethyl adjacent to an activating group) is 1. The van der Waals surface area contributed by atoms with Crippen LogP contribution in [0.1, 0.15) is 38.7 Å². The first-order valence-electron chi connectivity index (χ1n) is 14.6. The van der Waals surface area contributed by atoms with E-state index in [0.717, 1.165) is 0 Å². The van der Waals surface area contributed by atoms with E-state index in [9.17, 15) is 35.9 Å². The Bertz CT molecular complexity index is 1490. The van der Waals surface area contributed by atoms with Crippen molar-refractivity contribution >= 4 is 30.2 Å². The van der Waals surface area contributed by atoms with Crippen LogP contribution in [-0.2, 0) is 23.6 Å². The molecule has 0 spiro atoms. The third-order valence-electron chi connectivity index (χ3n) is 7.69. The summed E-state index contributed by atoms with van der Waals surface area (Å²) < 4.78 is 80.1. The van der Waals surface area contributed by atoms with E-state index in [1.165, 1.54) is 11.9 Å². The zero-order valence-electron chi connectivity index (χ0n) is 26.1. The molecule has 0 aliphatic carbocycles. The second-order valence-electron chi connectivity index (χ2n) is 11.2. The second-order valence-corrected chi connectivity index (χ2v) is 11.2. The van der Waals surface area contributed by atoms with Crippen LogP contribution in [0.15, 0.2) is 83.9 Å². The van der Waals surface area contributed by atoms with E-state index < -0.39 is 29.5 Å². The van der Waals surface area contributed by atoms with Gasteiger partial charge in [-0.25, -0.2) is 0 Å². The molecule has 7 nitrogen and oxygen atoms in total. The molecule has 2 amide bonds. The number of piperazine rings is 1. The molecule has 1 aliphatic rings. The number of nitrogens with zero attached hydrogens (tertiary/aromatic N) is 5. The van der Waals surface area contributed by atoms with Crippen molar-refractivity contribution in [2.75, 3.05) is 53.9 Å². The van der Waals surface area contributed by atoms with Gasteiger partial charge in [-0.15, -0.1) is 12.4 Å². The van der Waals surface area contributed by atoms with Crippen LogP contribution in [0, 0.1) is 0 Å². The largest absolute Gasteiger partial charge is 0.416 e. The number of alkyl halides is 6. The number of hydrogen-bond donors (Lipinski definition) is 0. The number of halogens is 7. The van der Waals surface area contributed by atoms with Gasteiger partial charge in [0.15, 0.2) is 0 Å². The van der Waals surface area contributed by atoms with Crippen LogP contribution < -0.4 is 0 Å². The molecule has 4 rings (SSSR count). The number of carbonyl (C=O) groups is 2. The van der Waals surface area contributed by atoms with Crippen molar-refractivity contribution in [2.45, 2.75) is 24.8 Å². The van der Waals surface area contributed by atoms with Gasteiger partial charge in [-0.1, -0.05) is 48.5 Å². The Labute approximate surface area is 275 Å². The minimum atomic E-state index is -4.95. The topological polar surface area (TPSA) is 59.5 Å². The summed E-state index contributed by atoms with van der Waals surface area (Å²) in [5, 5.41) is 0. The third kappa shape index (κ3) is 9.71. The van der Waals surface area contributed by atoms with Crippen LogP contribution in [0.25, 0.3) is 0 Å². The Kier molecular flexibility index (Phi) is 12.4. The molecule has 0 saturated carbocycles. The quantitative estimate of drug-likeness (QED) is 0.167. The van der Waals surface area contributed by atoms with Crippen molar-refractivity contribution in [2.24, 2.45) is 4.99 Å². The molecule has 3 aromatic carbocycles. The molecule has 0 radical (unpaired) electrons. The molecule has 0 unspecified atom stereocenters. The molecule has 1 aliphatic heterocycles. The summed E-state index contributed by atoms with van der Waals surface area (Å²) in [5.74, 6) is -0.246. The molecular weight excluding hydrogens is 648 g/mol. The van der Waals surface area contributed by atoms with Crippen LogP contribution in [0.4, 0.5) is 26.3 Å². The van der Waals surface area contributed by atoms with Crippen LogP contribution in [-0.4, -0.2) is 91.2 Å². The van der Waals surface area contributed by atoms with Gasteiger partial charge in [0.05, 0.1) is 11.1 Å². The fraction of sp³-hybridized carbons (Fsp3) is 0.364. The number of rotatable bonds is 7. The number of carbonyl (C=O) groups excluding carboxylic acids is 2. The van der Waals surface area contributed by atoms with Gasteiger partial charge in [-0.3, -0.25) is 14.5 Å². The summed E-state index contributed by atoms with van der Waals surface area (Å²) in [7, 11) is 5.06. The highest BCUT2D eigenvalue weighted by Gasteiger charge is 2.37. The number of amides is 2. The van der Waals surface area contributed by atoms with E-state index in [1.807, 2.05) is 21.9 Å². The van der Waals surface area contributed by atoms with Crippen molar-refractivity contribution in [1.29, 1.82) is 0 Å². The lowest BCUT2D eigenvalue weighted by molar-refractivity contribution is -0.143. The molecule has 1 heterocycles. The highest BCUT2D eigenvalue weighted by atomic mass is 35.5. The lowest BCUT2D eigenvalue weighted by Crippen LogP contribution is -2.55. The molecule has 0 aromatic heterocycles. The summed E-state index contributed by atoms with van der Waals surface area (Å²) in [5.41, 5.74) is -1.80. The first kappa shape index (κ1) is 37.4. The van der Waals surface area contributed by atoms with Crippen molar-refractivity contribution < 1.29 is 35.9 Å². The SMILES string of the molecule is CN(C)C(=NC(=O)c1ccccc1)N1CCN([C@H](C(=O)N(C)CCc2cc(C(F)(F)F)cc(C(F)(F)F)c2)c2ccccc2)CC1.Cl. The first-order valence-corrected chi connectivity index (χ1v) is 14.6. The zero-order valence-corrected chi connectivity index (χ0v) is 26.9. The Morgan fingerprint density at radius 3 is 1.79 bits per heavy atom. The van der Waals surface area contributed by atoms with E-state index in [-0.39, 0.29) is 48.8 Å². The van der Waals surface area contributed by atoms with E-state index >= 15 is 0 Å². The maximum Gasteiger partial charge on any atom is 0.416 e. The number of hydrogen-bond acceptors (Lipinski definition) is 3. The van der Waals surface area contributed by atoms with Gasteiger partial charge in [0.2, 0.25) is 11.9 Å². The van der Waals surface area contributed by atoms with Gasteiger partial charge < -0.3 is 14.7 Å². The number of aliphatic imine (C=N–C) groups is 1. The maximum atomic E-state index is 13.9. The zero-order chi connectivity index (χ0) is 33.6. The molecular formula is C33H36ClF6N5O2. The second kappa shape index (κ2) is 15.7. The molecule has 254 valence electrons. The fourth-order valence-electron chi connectivity index (χ4n) is 5.29. The number of guanidine groups is 1. The highest BCUT2D eigenvalue weighted by Crippen LogP contribution is 2.36. The van der Waals surface area contributed by atoms with E-state index in [4.69, 9.17) is 0 Å². The number of benzene rings is 3. The lowest BCUT2D eigenvalue weighted by atomic mass is 10.0. The van der Waals surface area contributed by atoms with Gasteiger partial charge in [-0.05, 0) is 47.9 Å². The predicted molar refractivity (Wildman–Crippen MR) is 169 cm³/mol. The van der Waals surface area contributed by atoms with Gasteiger partial charge in [0, 0.05) is 59.4 Å². The molecule has 47 heavy (non-hydrogen) atoms. The average Bonchev–Trinajstić information content (AvgIpc) is 3.02. The minimum Gasteiger partial charge on any atom is -0.349 e. The van der Waals surface area contributed by atoms with Crippen molar-refractivity contribution in [3.63, 3.8) is 0 Å². The average molecular weight is 684 g/mol. The van der Waals surface area contributed by atoms with E-state index in [1.54, 1.807) is 67.5 Å². The van der Waals surface area contributed by atoms with Crippen LogP contribution >= 0.6 is 12.4 Å². The van der Waals surface area contributed by atoms with Crippen LogP contribution in [0.2, 0.25) is 0 Å². The van der Waals surface area contributed by atoms with E-state index in [2.05, 4.69) is 4.99 Å². The molecule has 1 fully saturated rings. The van der Waals surface area contributed by atoms with E-state index in [0.29, 0.717) is 55.4 Å².